The third-order valence-electron chi connectivity index (χ3n) is 8.02. The predicted octanol–water partition coefficient (Wildman–Crippen LogP) is 4.44. The molecule has 210 valence electrons. The van der Waals surface area contributed by atoms with E-state index >= 15 is 0 Å². The van der Waals surface area contributed by atoms with Crippen molar-refractivity contribution in [3.05, 3.63) is 65.2 Å². The molecule has 2 aromatic rings. The monoisotopic (exact) mass is 561 g/mol. The molecule has 2 saturated heterocycles. The van der Waals surface area contributed by atoms with Crippen LogP contribution < -0.4 is 5.32 Å². The summed E-state index contributed by atoms with van der Waals surface area (Å²) in [6.07, 6.45) is 2.56. The Hall–Kier alpha value is -3.05. The first-order chi connectivity index (χ1) is 18.5. The number of aryl methyl sites for hydroxylation is 1. The van der Waals surface area contributed by atoms with Crippen molar-refractivity contribution in [2.45, 2.75) is 81.0 Å². The Morgan fingerprint density at radius 1 is 1.08 bits per heavy atom. The molecule has 5 rings (SSSR count). The highest BCUT2D eigenvalue weighted by Gasteiger charge is 2.60. The number of hydrogen-bond acceptors (Lipinski definition) is 5. The summed E-state index contributed by atoms with van der Waals surface area (Å²) in [5.74, 6) is -1.29. The minimum atomic E-state index is -4.26. The molecular formula is C28H33F2N3O5S. The molecule has 1 aliphatic carbocycles. The van der Waals surface area contributed by atoms with Gasteiger partial charge in [0, 0.05) is 26.1 Å². The van der Waals surface area contributed by atoms with Gasteiger partial charge in [0.15, 0.2) is 0 Å². The Kier molecular flexibility index (Phi) is 7.41. The normalized spacial score (nSPS) is 24.8. The molecule has 0 bridgehead atoms. The van der Waals surface area contributed by atoms with E-state index in [9.17, 15) is 26.8 Å². The summed E-state index contributed by atoms with van der Waals surface area (Å²) in [6.45, 7) is 3.71. The van der Waals surface area contributed by atoms with Gasteiger partial charge in [0.05, 0.1) is 17.0 Å². The average Bonchev–Trinajstić information content (AvgIpc) is 3.52. The van der Waals surface area contributed by atoms with Crippen molar-refractivity contribution in [3.8, 4) is 0 Å². The molecule has 3 atom stereocenters. The van der Waals surface area contributed by atoms with Crippen LogP contribution in [0.25, 0.3) is 0 Å². The molecule has 3 fully saturated rings. The van der Waals surface area contributed by atoms with Crippen LogP contribution in [0.3, 0.4) is 0 Å². The second kappa shape index (κ2) is 10.5. The molecule has 39 heavy (non-hydrogen) atoms. The summed E-state index contributed by atoms with van der Waals surface area (Å²) in [4.78, 5) is 26.0. The van der Waals surface area contributed by atoms with E-state index in [2.05, 4.69) is 5.32 Å². The number of rotatable bonds is 6. The number of nitrogens with zero attached hydrogens (tertiary/aromatic N) is 2. The largest absolute Gasteiger partial charge is 0.441 e. The van der Waals surface area contributed by atoms with E-state index < -0.39 is 45.4 Å². The zero-order valence-electron chi connectivity index (χ0n) is 22.0. The van der Waals surface area contributed by atoms with Crippen molar-refractivity contribution < 1.29 is 31.5 Å². The molecule has 2 aromatic carbocycles. The molecule has 0 aromatic heterocycles. The first-order valence-electron chi connectivity index (χ1n) is 13.3. The quantitative estimate of drug-likeness (QED) is 0.563. The van der Waals surface area contributed by atoms with Crippen LogP contribution in [0.5, 0.6) is 0 Å². The average molecular weight is 562 g/mol. The molecule has 2 amide bonds. The van der Waals surface area contributed by atoms with Crippen LogP contribution in [0.4, 0.5) is 13.6 Å². The smallest absolute Gasteiger partial charge is 0.410 e. The minimum absolute atomic E-state index is 0.162. The van der Waals surface area contributed by atoms with E-state index in [0.717, 1.165) is 6.07 Å². The van der Waals surface area contributed by atoms with Gasteiger partial charge < -0.3 is 15.0 Å². The fourth-order valence-electron chi connectivity index (χ4n) is 5.89. The number of sulfonamides is 1. The number of hydrogen-bond donors (Lipinski definition) is 1. The molecular weight excluding hydrogens is 528 g/mol. The summed E-state index contributed by atoms with van der Waals surface area (Å²) in [5.41, 5.74) is -0.219. The number of amides is 2. The maximum absolute atomic E-state index is 14.5. The summed E-state index contributed by atoms with van der Waals surface area (Å²) in [6, 6.07) is 8.08. The van der Waals surface area contributed by atoms with E-state index in [0.29, 0.717) is 62.7 Å². The third kappa shape index (κ3) is 5.51. The van der Waals surface area contributed by atoms with Crippen molar-refractivity contribution in [2.75, 3.05) is 13.1 Å². The molecule has 2 aliphatic heterocycles. The van der Waals surface area contributed by atoms with Gasteiger partial charge in [-0.1, -0.05) is 18.2 Å². The lowest BCUT2D eigenvalue weighted by molar-refractivity contribution is -0.119. The number of nitrogens with one attached hydrogen (secondary N) is 1. The van der Waals surface area contributed by atoms with E-state index in [1.54, 1.807) is 13.0 Å². The van der Waals surface area contributed by atoms with Gasteiger partial charge in [-0.15, -0.1) is 0 Å². The number of piperidine rings is 1. The lowest BCUT2D eigenvalue weighted by atomic mass is 9.90. The van der Waals surface area contributed by atoms with Crippen LogP contribution in [0.2, 0.25) is 0 Å². The lowest BCUT2D eigenvalue weighted by Gasteiger charge is -2.44. The maximum atomic E-state index is 14.5. The van der Waals surface area contributed by atoms with E-state index in [1.165, 1.54) is 46.5 Å². The topological polar surface area (TPSA) is 96.0 Å². The first-order valence-corrected chi connectivity index (χ1v) is 14.7. The summed E-state index contributed by atoms with van der Waals surface area (Å²) < 4.78 is 64.5. The molecule has 0 spiro atoms. The van der Waals surface area contributed by atoms with Gasteiger partial charge in [-0.05, 0) is 80.8 Å². The Balaban J connectivity index is 1.48. The minimum Gasteiger partial charge on any atom is -0.441 e. The highest BCUT2D eigenvalue weighted by atomic mass is 32.2. The first kappa shape index (κ1) is 27.5. The van der Waals surface area contributed by atoms with Crippen LogP contribution in [0.15, 0.2) is 47.4 Å². The number of likely N-dealkylation sites (tertiary alicyclic amines) is 1. The van der Waals surface area contributed by atoms with Crippen molar-refractivity contribution in [1.82, 2.24) is 14.5 Å². The second-order valence-corrected chi connectivity index (χ2v) is 12.7. The van der Waals surface area contributed by atoms with Gasteiger partial charge in [0.25, 0.3) is 0 Å². The van der Waals surface area contributed by atoms with Crippen molar-refractivity contribution >= 4 is 22.0 Å². The van der Waals surface area contributed by atoms with E-state index in [4.69, 9.17) is 4.74 Å². The van der Waals surface area contributed by atoms with Crippen LogP contribution in [0, 0.1) is 18.6 Å². The van der Waals surface area contributed by atoms with Crippen molar-refractivity contribution in [3.63, 3.8) is 0 Å². The number of carbonyl (C=O) groups is 2. The molecule has 1 saturated carbocycles. The molecule has 3 aliphatic rings. The fraction of sp³-hybridized carbons (Fsp3) is 0.500. The Morgan fingerprint density at radius 2 is 1.85 bits per heavy atom. The Bertz CT molecular complexity index is 1380. The standard InChI is InChI=1S/C28H33F2N3O5S/c1-18-9-10-23(16-24(18)30)39(36,37)33-25(20-5-3-6-21(29)15-20)7-4-8-26(33)28(12-13-28)38-27(35)32-14-11-22(17-32)31-19(2)34/h3,5-6,9-10,15-16,22,25-26H,4,7-8,11-14,17H2,1-2H3,(H,31,34)/t22?,25-,26+/m0/s1. The van der Waals surface area contributed by atoms with Gasteiger partial charge in [-0.2, -0.15) is 4.31 Å². The Morgan fingerprint density at radius 3 is 2.51 bits per heavy atom. The van der Waals surface area contributed by atoms with Gasteiger partial charge in [0.1, 0.15) is 17.2 Å². The van der Waals surface area contributed by atoms with E-state index in [-0.39, 0.29) is 16.8 Å². The highest BCUT2D eigenvalue weighted by molar-refractivity contribution is 7.89. The van der Waals surface area contributed by atoms with Crippen molar-refractivity contribution in [2.24, 2.45) is 0 Å². The zero-order valence-corrected chi connectivity index (χ0v) is 22.8. The molecule has 8 nitrogen and oxygen atoms in total. The summed E-state index contributed by atoms with van der Waals surface area (Å²) in [5, 5.41) is 2.81. The highest BCUT2D eigenvalue weighted by Crippen LogP contribution is 2.52. The van der Waals surface area contributed by atoms with Crippen LogP contribution in [-0.2, 0) is 19.6 Å². The van der Waals surface area contributed by atoms with Crippen LogP contribution in [-0.4, -0.2) is 60.4 Å². The van der Waals surface area contributed by atoms with E-state index in [1.807, 2.05) is 0 Å². The van der Waals surface area contributed by atoms with Crippen molar-refractivity contribution in [1.29, 1.82) is 0 Å². The summed E-state index contributed by atoms with van der Waals surface area (Å²) in [7, 11) is -4.26. The fourth-order valence-corrected chi connectivity index (χ4v) is 7.82. The molecule has 1 N–H and O–H groups in total. The predicted molar refractivity (Wildman–Crippen MR) is 139 cm³/mol. The maximum Gasteiger partial charge on any atom is 0.410 e. The zero-order chi connectivity index (χ0) is 27.9. The number of ether oxygens (including phenoxy) is 1. The van der Waals surface area contributed by atoms with Gasteiger partial charge in [-0.25, -0.2) is 22.0 Å². The lowest BCUT2D eigenvalue weighted by Crippen LogP contribution is -2.54. The van der Waals surface area contributed by atoms with Crippen LogP contribution in [0.1, 0.15) is 62.6 Å². The molecule has 11 heteroatoms. The Labute approximate surface area is 227 Å². The molecule has 1 unspecified atom stereocenters. The number of carbonyl (C=O) groups excluding carboxylic acids is 2. The van der Waals surface area contributed by atoms with Gasteiger partial charge >= 0.3 is 6.09 Å². The number of benzene rings is 2. The SMILES string of the molecule is CC(=O)NC1CCN(C(=O)OC2([C@H]3CCC[C@@H](c4cccc(F)c4)N3S(=O)(=O)c3ccc(C)c(F)c3)CC2)C1. The summed E-state index contributed by atoms with van der Waals surface area (Å²) >= 11 is 0. The third-order valence-corrected chi connectivity index (χ3v) is 9.93. The molecule has 0 radical (unpaired) electrons. The number of halogens is 2. The van der Waals surface area contributed by atoms with Gasteiger partial charge in [0.2, 0.25) is 15.9 Å². The van der Waals surface area contributed by atoms with Crippen LogP contribution >= 0.6 is 0 Å². The second-order valence-electron chi connectivity index (χ2n) is 10.8. The van der Waals surface area contributed by atoms with Gasteiger partial charge in [-0.3, -0.25) is 4.79 Å². The molecule has 2 heterocycles.